The van der Waals surface area contributed by atoms with Gasteiger partial charge in [-0.3, -0.25) is 4.90 Å². The van der Waals surface area contributed by atoms with Gasteiger partial charge in [0.2, 0.25) is 0 Å². The van der Waals surface area contributed by atoms with Gasteiger partial charge >= 0.3 is 0 Å². The molecule has 82 valence electrons. The Bertz CT molecular complexity index is 351. The molecule has 1 aliphatic rings. The predicted octanol–water partition coefficient (Wildman–Crippen LogP) is 2.34. The first-order chi connectivity index (χ1) is 7.22. The smallest absolute Gasteiger partial charge is 0.0363 e. The third-order valence-electron chi connectivity index (χ3n) is 3.08. The van der Waals surface area contributed by atoms with Crippen molar-refractivity contribution in [2.45, 2.75) is 26.1 Å². The van der Waals surface area contributed by atoms with Crippen LogP contribution in [0.15, 0.2) is 18.2 Å². The number of benzene rings is 1. The van der Waals surface area contributed by atoms with Crippen LogP contribution in [0.1, 0.15) is 18.1 Å². The highest BCUT2D eigenvalue weighted by Crippen LogP contribution is 2.29. The van der Waals surface area contributed by atoms with Crippen molar-refractivity contribution in [2.24, 2.45) is 0 Å². The molecule has 1 unspecified atom stereocenters. The number of anilines is 1. The molecule has 0 amide bonds. The summed E-state index contributed by atoms with van der Waals surface area (Å²) in [6.45, 7) is 4.37. The summed E-state index contributed by atoms with van der Waals surface area (Å²) in [6.07, 6.45) is 2.16. The topological polar surface area (TPSA) is 29.3 Å². The molecule has 2 rings (SSSR count). The van der Waals surface area contributed by atoms with Gasteiger partial charge in [-0.2, -0.15) is 11.8 Å². The molecule has 1 atom stereocenters. The lowest BCUT2D eigenvalue weighted by atomic mass is 10.1. The van der Waals surface area contributed by atoms with Crippen LogP contribution >= 0.6 is 11.8 Å². The van der Waals surface area contributed by atoms with E-state index in [1.54, 1.807) is 0 Å². The fraction of sp³-hybridized carbons (Fsp3) is 0.500. The summed E-state index contributed by atoms with van der Waals surface area (Å²) in [5.41, 5.74) is 9.67. The molecule has 1 aromatic carbocycles. The summed E-state index contributed by atoms with van der Waals surface area (Å²) >= 11 is 1.91. The summed E-state index contributed by atoms with van der Waals surface area (Å²) < 4.78 is 0. The number of rotatable bonds is 3. The minimum absolute atomic E-state index is 0.631. The van der Waals surface area contributed by atoms with Crippen LogP contribution in [0, 0.1) is 0 Å². The van der Waals surface area contributed by atoms with Gasteiger partial charge in [0, 0.05) is 30.6 Å². The summed E-state index contributed by atoms with van der Waals surface area (Å²) in [4.78, 5) is 2.50. The van der Waals surface area contributed by atoms with E-state index in [9.17, 15) is 0 Å². The second-order valence-electron chi connectivity index (χ2n) is 4.19. The standard InChI is InChI=1S/C12H18N2S/c1-9(8-15-2)14-6-10-4-3-5-12(13)11(10)7-14/h3-5,9H,6-8,13H2,1-2H3. The zero-order valence-electron chi connectivity index (χ0n) is 9.36. The van der Waals surface area contributed by atoms with Crippen molar-refractivity contribution in [2.75, 3.05) is 17.7 Å². The van der Waals surface area contributed by atoms with Gasteiger partial charge in [0.1, 0.15) is 0 Å². The molecule has 0 radical (unpaired) electrons. The van der Waals surface area contributed by atoms with Crippen molar-refractivity contribution >= 4 is 17.4 Å². The fourth-order valence-electron chi connectivity index (χ4n) is 2.13. The second kappa shape index (κ2) is 4.45. The Hall–Kier alpha value is -0.670. The molecule has 0 bridgehead atoms. The number of nitrogens with two attached hydrogens (primary N) is 1. The minimum Gasteiger partial charge on any atom is -0.398 e. The van der Waals surface area contributed by atoms with E-state index < -0.39 is 0 Å². The molecule has 2 nitrogen and oxygen atoms in total. The van der Waals surface area contributed by atoms with Gasteiger partial charge in [-0.25, -0.2) is 0 Å². The van der Waals surface area contributed by atoms with Crippen LogP contribution in [0.5, 0.6) is 0 Å². The first-order valence-electron chi connectivity index (χ1n) is 5.31. The van der Waals surface area contributed by atoms with Crippen molar-refractivity contribution < 1.29 is 0 Å². The van der Waals surface area contributed by atoms with Crippen LogP contribution in [0.3, 0.4) is 0 Å². The zero-order chi connectivity index (χ0) is 10.8. The highest BCUT2D eigenvalue weighted by molar-refractivity contribution is 7.98. The van der Waals surface area contributed by atoms with Crippen molar-refractivity contribution in [1.82, 2.24) is 4.90 Å². The van der Waals surface area contributed by atoms with Crippen molar-refractivity contribution in [3.63, 3.8) is 0 Å². The summed E-state index contributed by atoms with van der Waals surface area (Å²) in [6, 6.07) is 6.88. The molecule has 0 saturated heterocycles. The van der Waals surface area contributed by atoms with E-state index in [1.165, 1.54) is 16.9 Å². The van der Waals surface area contributed by atoms with Gasteiger partial charge in [0.05, 0.1) is 0 Å². The summed E-state index contributed by atoms with van der Waals surface area (Å²) in [5.74, 6) is 1.19. The van der Waals surface area contributed by atoms with Crippen LogP contribution in [-0.2, 0) is 13.1 Å². The van der Waals surface area contributed by atoms with Gasteiger partial charge in [0.25, 0.3) is 0 Å². The maximum atomic E-state index is 5.98. The Balaban J connectivity index is 2.12. The highest BCUT2D eigenvalue weighted by atomic mass is 32.2. The third-order valence-corrected chi connectivity index (χ3v) is 3.89. The number of hydrogen-bond donors (Lipinski definition) is 1. The predicted molar refractivity (Wildman–Crippen MR) is 67.9 cm³/mol. The van der Waals surface area contributed by atoms with Crippen LogP contribution in [0.2, 0.25) is 0 Å². The average molecular weight is 222 g/mol. The summed E-state index contributed by atoms with van der Waals surface area (Å²) in [5, 5.41) is 0. The van der Waals surface area contributed by atoms with E-state index in [4.69, 9.17) is 5.73 Å². The van der Waals surface area contributed by atoms with Crippen LogP contribution < -0.4 is 5.73 Å². The maximum Gasteiger partial charge on any atom is 0.0363 e. The van der Waals surface area contributed by atoms with Gasteiger partial charge in [0.15, 0.2) is 0 Å². The lowest BCUT2D eigenvalue weighted by Gasteiger charge is -2.22. The normalized spacial score (nSPS) is 17.7. The largest absolute Gasteiger partial charge is 0.398 e. The molecular formula is C12H18N2S. The quantitative estimate of drug-likeness (QED) is 0.796. The number of nitrogens with zero attached hydrogens (tertiary/aromatic N) is 1. The molecule has 1 aliphatic heterocycles. The first-order valence-corrected chi connectivity index (χ1v) is 6.71. The molecular weight excluding hydrogens is 204 g/mol. The van der Waals surface area contributed by atoms with Gasteiger partial charge in [-0.1, -0.05) is 12.1 Å². The van der Waals surface area contributed by atoms with E-state index in [0.29, 0.717) is 6.04 Å². The van der Waals surface area contributed by atoms with Gasteiger partial charge in [-0.15, -0.1) is 0 Å². The minimum atomic E-state index is 0.631. The van der Waals surface area contributed by atoms with E-state index in [-0.39, 0.29) is 0 Å². The van der Waals surface area contributed by atoms with E-state index in [0.717, 1.165) is 18.8 Å². The third kappa shape index (κ3) is 2.13. The molecule has 0 aromatic heterocycles. The maximum absolute atomic E-state index is 5.98. The van der Waals surface area contributed by atoms with E-state index >= 15 is 0 Å². The van der Waals surface area contributed by atoms with Crippen molar-refractivity contribution in [3.8, 4) is 0 Å². The molecule has 0 spiro atoms. The Kier molecular flexibility index (Phi) is 3.22. The molecule has 0 fully saturated rings. The zero-order valence-corrected chi connectivity index (χ0v) is 10.2. The molecule has 15 heavy (non-hydrogen) atoms. The Labute approximate surface area is 95.8 Å². The molecule has 0 aliphatic carbocycles. The lowest BCUT2D eigenvalue weighted by molar-refractivity contribution is 0.231. The molecule has 2 N–H and O–H groups in total. The van der Waals surface area contributed by atoms with Gasteiger partial charge < -0.3 is 5.73 Å². The van der Waals surface area contributed by atoms with Crippen LogP contribution in [0.4, 0.5) is 5.69 Å². The molecule has 0 saturated carbocycles. The second-order valence-corrected chi connectivity index (χ2v) is 5.10. The van der Waals surface area contributed by atoms with E-state index in [2.05, 4.69) is 30.2 Å². The molecule has 3 heteroatoms. The van der Waals surface area contributed by atoms with Crippen LogP contribution in [0.25, 0.3) is 0 Å². The Morgan fingerprint density at radius 2 is 2.27 bits per heavy atom. The molecule has 1 heterocycles. The number of hydrogen-bond acceptors (Lipinski definition) is 3. The van der Waals surface area contributed by atoms with Crippen molar-refractivity contribution in [1.29, 1.82) is 0 Å². The average Bonchev–Trinajstić information content (AvgIpc) is 2.63. The lowest BCUT2D eigenvalue weighted by Crippen LogP contribution is -2.29. The molecule has 1 aromatic rings. The van der Waals surface area contributed by atoms with E-state index in [1.807, 2.05) is 17.8 Å². The number of fused-ring (bicyclic) bond motifs is 1. The van der Waals surface area contributed by atoms with Crippen molar-refractivity contribution in [3.05, 3.63) is 29.3 Å². The van der Waals surface area contributed by atoms with Crippen LogP contribution in [-0.4, -0.2) is 23.0 Å². The number of nitrogen functional groups attached to an aromatic ring is 1. The van der Waals surface area contributed by atoms with Gasteiger partial charge in [-0.05, 0) is 30.4 Å². The number of thioether (sulfide) groups is 1. The Morgan fingerprint density at radius 3 is 2.93 bits per heavy atom. The fourth-order valence-corrected chi connectivity index (χ4v) is 2.82. The first kappa shape index (κ1) is 10.8. The Morgan fingerprint density at radius 1 is 1.47 bits per heavy atom. The SMILES string of the molecule is CSCC(C)N1Cc2cccc(N)c2C1. The highest BCUT2D eigenvalue weighted by Gasteiger charge is 2.23. The monoisotopic (exact) mass is 222 g/mol. The summed E-state index contributed by atoms with van der Waals surface area (Å²) in [7, 11) is 0.